The zero-order chi connectivity index (χ0) is 8.72. The number of rotatable bonds is 0. The first-order chi connectivity index (χ1) is 5.68. The number of fused-ring (bicyclic) bond motifs is 1. The molecule has 2 aromatic heterocycles. The maximum atomic E-state index is 12.8. The highest BCUT2D eigenvalue weighted by atomic mass is 35.5. The van der Waals surface area contributed by atoms with Gasteiger partial charge in [-0.25, -0.2) is 4.39 Å². The van der Waals surface area contributed by atoms with Gasteiger partial charge in [0, 0.05) is 0 Å². The normalized spacial score (nSPS) is 10.8. The molecule has 0 spiro atoms. The van der Waals surface area contributed by atoms with Gasteiger partial charge in [-0.3, -0.25) is 0 Å². The predicted octanol–water partition coefficient (Wildman–Crippen LogP) is 1.60. The van der Waals surface area contributed by atoms with Gasteiger partial charge >= 0.3 is 0 Å². The summed E-state index contributed by atoms with van der Waals surface area (Å²) in [6.07, 6.45) is 0. The first kappa shape index (κ1) is 7.30. The second-order valence-corrected chi connectivity index (χ2v) is 2.54. The summed E-state index contributed by atoms with van der Waals surface area (Å²) >= 11 is 5.38. The van der Waals surface area contributed by atoms with Gasteiger partial charge in [-0.1, -0.05) is 16.8 Å². The molecule has 0 aliphatic rings. The van der Waals surface area contributed by atoms with Crippen LogP contribution in [0.1, 0.15) is 0 Å². The predicted molar refractivity (Wildman–Crippen MR) is 41.2 cm³/mol. The van der Waals surface area contributed by atoms with Crippen LogP contribution in [0.25, 0.3) is 11.1 Å². The summed E-state index contributed by atoms with van der Waals surface area (Å²) in [6, 6.07) is 1.14. The van der Waals surface area contributed by atoms with Crippen LogP contribution in [0.4, 0.5) is 10.2 Å². The first-order valence-electron chi connectivity index (χ1n) is 3.05. The Labute approximate surface area is 71.1 Å². The van der Waals surface area contributed by atoms with E-state index in [-0.39, 0.29) is 16.7 Å². The lowest BCUT2D eigenvalue weighted by molar-refractivity contribution is 0.452. The minimum atomic E-state index is -0.640. The Morgan fingerprint density at radius 1 is 1.58 bits per heavy atom. The van der Waals surface area contributed by atoms with E-state index in [9.17, 15) is 4.39 Å². The van der Waals surface area contributed by atoms with Crippen molar-refractivity contribution in [2.45, 2.75) is 0 Å². The van der Waals surface area contributed by atoms with Crippen LogP contribution in [-0.2, 0) is 0 Å². The summed E-state index contributed by atoms with van der Waals surface area (Å²) in [5, 5.41) is 3.47. The smallest absolute Gasteiger partial charge is 0.261 e. The molecule has 0 aliphatic carbocycles. The second-order valence-electron chi connectivity index (χ2n) is 2.18. The standard InChI is InChI=1S/C6H3ClFN3O/c7-4-3(8)1-2-5(9)11-12-6(2)10-4/h1H,(H2,9,11). The van der Waals surface area contributed by atoms with Crippen molar-refractivity contribution in [3.63, 3.8) is 0 Å². The number of nitrogens with two attached hydrogens (primary N) is 1. The van der Waals surface area contributed by atoms with E-state index in [1.807, 2.05) is 0 Å². The lowest BCUT2D eigenvalue weighted by Crippen LogP contribution is -1.86. The Kier molecular flexibility index (Phi) is 1.41. The van der Waals surface area contributed by atoms with Crippen LogP contribution in [0.3, 0.4) is 0 Å². The van der Waals surface area contributed by atoms with Gasteiger partial charge < -0.3 is 10.3 Å². The van der Waals surface area contributed by atoms with Crippen LogP contribution in [0.5, 0.6) is 0 Å². The zero-order valence-corrected chi connectivity index (χ0v) is 6.47. The quantitative estimate of drug-likeness (QED) is 0.637. The monoisotopic (exact) mass is 187 g/mol. The molecule has 0 unspecified atom stereocenters. The third-order valence-electron chi connectivity index (χ3n) is 1.40. The summed E-state index contributed by atoms with van der Waals surface area (Å²) in [6.45, 7) is 0. The number of aromatic nitrogens is 2. The van der Waals surface area contributed by atoms with Crippen LogP contribution >= 0.6 is 11.6 Å². The molecule has 0 fully saturated rings. The molecule has 62 valence electrons. The van der Waals surface area contributed by atoms with E-state index in [4.69, 9.17) is 17.3 Å². The van der Waals surface area contributed by atoms with Gasteiger partial charge in [0.25, 0.3) is 5.71 Å². The van der Waals surface area contributed by atoms with E-state index in [0.717, 1.165) is 6.07 Å². The van der Waals surface area contributed by atoms with Crippen molar-refractivity contribution in [3.8, 4) is 0 Å². The summed E-state index contributed by atoms with van der Waals surface area (Å²) in [5.74, 6) is -0.535. The first-order valence-corrected chi connectivity index (χ1v) is 3.43. The van der Waals surface area contributed by atoms with Crippen LogP contribution < -0.4 is 5.73 Å². The van der Waals surface area contributed by atoms with Crippen LogP contribution in [-0.4, -0.2) is 10.1 Å². The van der Waals surface area contributed by atoms with E-state index in [1.165, 1.54) is 0 Å². The molecule has 6 heteroatoms. The molecule has 2 heterocycles. The van der Waals surface area contributed by atoms with Crippen LogP contribution in [0, 0.1) is 5.82 Å². The molecule has 4 nitrogen and oxygen atoms in total. The Hall–Kier alpha value is -1.36. The van der Waals surface area contributed by atoms with E-state index in [0.29, 0.717) is 5.39 Å². The molecule has 2 aromatic rings. The van der Waals surface area contributed by atoms with E-state index >= 15 is 0 Å². The van der Waals surface area contributed by atoms with Crippen molar-refractivity contribution < 1.29 is 8.91 Å². The Bertz CT molecular complexity index is 442. The average molecular weight is 188 g/mol. The highest BCUT2D eigenvalue weighted by Gasteiger charge is 2.10. The molecule has 0 bridgehead atoms. The Morgan fingerprint density at radius 2 is 2.33 bits per heavy atom. The van der Waals surface area contributed by atoms with Gasteiger partial charge in [-0.2, -0.15) is 4.98 Å². The molecular weight excluding hydrogens is 185 g/mol. The van der Waals surface area contributed by atoms with Crippen LogP contribution in [0.15, 0.2) is 10.6 Å². The minimum Gasteiger partial charge on any atom is -0.380 e. The molecule has 2 rings (SSSR count). The topological polar surface area (TPSA) is 64.9 Å². The van der Waals surface area contributed by atoms with E-state index in [1.54, 1.807) is 0 Å². The molecule has 0 saturated carbocycles. The number of nitrogen functional groups attached to an aromatic ring is 1. The number of nitrogens with zero attached hydrogens (tertiary/aromatic N) is 2. The van der Waals surface area contributed by atoms with Crippen molar-refractivity contribution in [2.75, 3.05) is 5.73 Å². The van der Waals surface area contributed by atoms with E-state index < -0.39 is 5.82 Å². The van der Waals surface area contributed by atoms with Gasteiger partial charge in [-0.15, -0.1) is 0 Å². The van der Waals surface area contributed by atoms with Crippen molar-refractivity contribution >= 4 is 28.5 Å². The molecule has 0 aromatic carbocycles. The minimum absolute atomic E-state index is 0.105. The van der Waals surface area contributed by atoms with Crippen LogP contribution in [0.2, 0.25) is 5.15 Å². The number of hydrogen-bond donors (Lipinski definition) is 1. The van der Waals surface area contributed by atoms with Gasteiger partial charge in [0.2, 0.25) is 0 Å². The maximum Gasteiger partial charge on any atom is 0.261 e. The third kappa shape index (κ3) is 0.902. The molecule has 12 heavy (non-hydrogen) atoms. The Balaban J connectivity index is 2.87. The summed E-state index contributed by atoms with van der Waals surface area (Å²) in [4.78, 5) is 3.58. The summed E-state index contributed by atoms with van der Waals surface area (Å²) in [5.41, 5.74) is 5.48. The maximum absolute atomic E-state index is 12.8. The molecular formula is C6H3ClFN3O. The molecule has 0 saturated heterocycles. The fourth-order valence-corrected chi connectivity index (χ4v) is 0.977. The van der Waals surface area contributed by atoms with Gasteiger partial charge in [0.1, 0.15) is 0 Å². The van der Waals surface area contributed by atoms with Crippen molar-refractivity contribution in [1.82, 2.24) is 10.1 Å². The summed E-state index contributed by atoms with van der Waals surface area (Å²) in [7, 11) is 0. The molecule has 0 radical (unpaired) electrons. The molecule has 0 amide bonds. The van der Waals surface area contributed by atoms with Gasteiger partial charge in [0.15, 0.2) is 16.8 Å². The van der Waals surface area contributed by atoms with Crippen molar-refractivity contribution in [2.24, 2.45) is 0 Å². The van der Waals surface area contributed by atoms with Crippen molar-refractivity contribution in [3.05, 3.63) is 17.0 Å². The third-order valence-corrected chi connectivity index (χ3v) is 1.67. The highest BCUT2D eigenvalue weighted by molar-refractivity contribution is 6.29. The molecule has 2 N–H and O–H groups in total. The number of halogens is 2. The Morgan fingerprint density at radius 3 is 3.08 bits per heavy atom. The average Bonchev–Trinajstić information content (AvgIpc) is 2.35. The van der Waals surface area contributed by atoms with E-state index in [2.05, 4.69) is 14.7 Å². The fraction of sp³-hybridized carbons (Fsp3) is 0. The largest absolute Gasteiger partial charge is 0.380 e. The molecule has 0 aliphatic heterocycles. The zero-order valence-electron chi connectivity index (χ0n) is 5.71. The fourth-order valence-electron chi connectivity index (χ4n) is 0.845. The summed E-state index contributed by atoms with van der Waals surface area (Å²) < 4.78 is 17.4. The SMILES string of the molecule is Nc1noc2nc(Cl)c(F)cc12. The molecule has 0 atom stereocenters. The lowest BCUT2D eigenvalue weighted by Gasteiger charge is -1.90. The lowest BCUT2D eigenvalue weighted by atomic mass is 10.3. The van der Waals surface area contributed by atoms with Gasteiger partial charge in [0.05, 0.1) is 5.39 Å². The second kappa shape index (κ2) is 2.31. The van der Waals surface area contributed by atoms with Crippen molar-refractivity contribution in [1.29, 1.82) is 0 Å². The number of pyridine rings is 1. The number of hydrogen-bond acceptors (Lipinski definition) is 4. The highest BCUT2D eigenvalue weighted by Crippen LogP contribution is 2.22. The number of anilines is 1. The van der Waals surface area contributed by atoms with Gasteiger partial charge in [-0.05, 0) is 6.07 Å².